The van der Waals surface area contributed by atoms with Gasteiger partial charge in [0.2, 0.25) is 5.91 Å². The summed E-state index contributed by atoms with van der Waals surface area (Å²) in [6.45, 7) is 6.52. The Labute approximate surface area is 182 Å². The van der Waals surface area contributed by atoms with Crippen LogP contribution in [0.5, 0.6) is 0 Å². The van der Waals surface area contributed by atoms with Crippen molar-refractivity contribution >= 4 is 17.7 Å². The molecule has 8 nitrogen and oxygen atoms in total. The van der Waals surface area contributed by atoms with Crippen molar-refractivity contribution in [2.45, 2.75) is 45.1 Å². The number of fused-ring (bicyclic) bond motifs is 1. The van der Waals surface area contributed by atoms with Crippen LogP contribution in [0.4, 0.5) is 0 Å². The summed E-state index contributed by atoms with van der Waals surface area (Å²) in [6, 6.07) is 7.16. The predicted molar refractivity (Wildman–Crippen MR) is 116 cm³/mol. The molecule has 3 amide bonds. The zero-order chi connectivity index (χ0) is 22.0. The largest absolute Gasteiger partial charge is 0.345 e. The van der Waals surface area contributed by atoms with Crippen LogP contribution in [-0.4, -0.2) is 63.9 Å². The molecule has 0 aliphatic carbocycles. The van der Waals surface area contributed by atoms with Crippen molar-refractivity contribution in [1.82, 2.24) is 25.3 Å². The van der Waals surface area contributed by atoms with Crippen molar-refractivity contribution in [3.63, 3.8) is 0 Å². The number of amides is 3. The summed E-state index contributed by atoms with van der Waals surface area (Å²) in [6.07, 6.45) is 3.44. The van der Waals surface area contributed by atoms with Crippen LogP contribution < -0.4 is 5.32 Å². The summed E-state index contributed by atoms with van der Waals surface area (Å²) in [5, 5.41) is 10.1. The second-order valence-electron chi connectivity index (χ2n) is 8.15. The van der Waals surface area contributed by atoms with Crippen molar-refractivity contribution in [2.75, 3.05) is 26.2 Å². The van der Waals surface area contributed by atoms with Gasteiger partial charge in [0, 0.05) is 37.7 Å². The van der Waals surface area contributed by atoms with Gasteiger partial charge < -0.3 is 15.1 Å². The summed E-state index contributed by atoms with van der Waals surface area (Å²) in [7, 11) is 0. The molecule has 0 bridgehead atoms. The maximum Gasteiger partial charge on any atom is 0.257 e. The minimum absolute atomic E-state index is 0.00268. The summed E-state index contributed by atoms with van der Waals surface area (Å²) < 4.78 is 0. The van der Waals surface area contributed by atoms with E-state index in [0.29, 0.717) is 37.3 Å². The molecular weight excluding hydrogens is 394 g/mol. The molecule has 8 heteroatoms. The van der Waals surface area contributed by atoms with E-state index in [9.17, 15) is 14.4 Å². The Balaban J connectivity index is 1.37. The summed E-state index contributed by atoms with van der Waals surface area (Å²) >= 11 is 0. The first-order chi connectivity index (χ1) is 15.0. The van der Waals surface area contributed by atoms with Gasteiger partial charge in [-0.15, -0.1) is 0 Å². The number of carbonyl (C=O) groups is 3. The van der Waals surface area contributed by atoms with Gasteiger partial charge in [-0.1, -0.05) is 18.2 Å². The Morgan fingerprint density at radius 1 is 1.16 bits per heavy atom. The Morgan fingerprint density at radius 2 is 1.87 bits per heavy atom. The molecule has 31 heavy (non-hydrogen) atoms. The van der Waals surface area contributed by atoms with Gasteiger partial charge in [-0.3, -0.25) is 19.5 Å². The van der Waals surface area contributed by atoms with E-state index in [4.69, 9.17) is 0 Å². The van der Waals surface area contributed by atoms with E-state index < -0.39 is 0 Å². The van der Waals surface area contributed by atoms with Gasteiger partial charge in [-0.05, 0) is 38.3 Å². The molecule has 1 atom stereocenters. The maximum atomic E-state index is 12.9. The smallest absolute Gasteiger partial charge is 0.257 e. The molecule has 4 rings (SSSR count). The maximum absolute atomic E-state index is 12.9. The van der Waals surface area contributed by atoms with Crippen molar-refractivity contribution in [3.05, 3.63) is 52.8 Å². The lowest BCUT2D eigenvalue weighted by Crippen LogP contribution is -2.40. The first-order valence-corrected chi connectivity index (χ1v) is 11.0. The number of likely N-dealkylation sites (tertiary alicyclic amines) is 1. The minimum atomic E-state index is -0.264. The summed E-state index contributed by atoms with van der Waals surface area (Å²) in [5.41, 5.74) is 3.07. The molecule has 164 valence electrons. The van der Waals surface area contributed by atoms with Crippen LogP contribution in [0, 0.1) is 0 Å². The number of hydrogen-bond donors (Lipinski definition) is 2. The van der Waals surface area contributed by atoms with Gasteiger partial charge in [-0.2, -0.15) is 5.10 Å². The molecular formula is C23H29N5O3. The average Bonchev–Trinajstić information content (AvgIpc) is 3.40. The monoisotopic (exact) mass is 423 g/mol. The zero-order valence-corrected chi connectivity index (χ0v) is 18.1. The Kier molecular flexibility index (Phi) is 6.06. The number of rotatable bonds is 6. The molecule has 1 saturated heterocycles. The van der Waals surface area contributed by atoms with E-state index in [2.05, 4.69) is 15.5 Å². The van der Waals surface area contributed by atoms with Gasteiger partial charge in [0.15, 0.2) is 0 Å². The summed E-state index contributed by atoms with van der Waals surface area (Å²) in [5.74, 6) is 0.108. The third-order valence-corrected chi connectivity index (χ3v) is 6.47. The van der Waals surface area contributed by atoms with Gasteiger partial charge in [-0.25, -0.2) is 0 Å². The van der Waals surface area contributed by atoms with Crippen LogP contribution in [0.2, 0.25) is 0 Å². The molecule has 2 aliphatic heterocycles. The van der Waals surface area contributed by atoms with E-state index in [1.807, 2.05) is 36.9 Å². The topological polar surface area (TPSA) is 98.4 Å². The first kappa shape index (κ1) is 21.1. The second kappa shape index (κ2) is 8.91. The molecule has 0 spiro atoms. The van der Waals surface area contributed by atoms with Crippen molar-refractivity contribution < 1.29 is 14.4 Å². The molecule has 2 aliphatic rings. The van der Waals surface area contributed by atoms with Crippen LogP contribution in [0.3, 0.4) is 0 Å². The minimum Gasteiger partial charge on any atom is -0.345 e. The molecule has 0 unspecified atom stereocenters. The number of benzene rings is 1. The third-order valence-electron chi connectivity index (χ3n) is 6.47. The highest BCUT2D eigenvalue weighted by molar-refractivity contribution is 5.99. The first-order valence-electron chi connectivity index (χ1n) is 11.0. The lowest BCUT2D eigenvalue weighted by Gasteiger charge is -2.32. The number of piperidine rings is 1. The third kappa shape index (κ3) is 4.06. The van der Waals surface area contributed by atoms with Crippen LogP contribution >= 0.6 is 0 Å². The Morgan fingerprint density at radius 3 is 2.58 bits per heavy atom. The number of nitrogens with one attached hydrogen (secondary N) is 2. The highest BCUT2D eigenvalue weighted by atomic mass is 16.2. The lowest BCUT2D eigenvalue weighted by atomic mass is 9.90. The quantitative estimate of drug-likeness (QED) is 0.746. The SMILES string of the molecule is CCN(CC)C(=O)c1cn[nH]c1C1CCN(C(=O)C[C@H]2NC(=O)c3ccccc32)CC1. The normalized spacial score (nSPS) is 18.6. The highest BCUT2D eigenvalue weighted by Crippen LogP contribution is 2.32. The number of hydrogen-bond acceptors (Lipinski definition) is 4. The van der Waals surface area contributed by atoms with E-state index in [-0.39, 0.29) is 36.1 Å². The molecule has 2 aromatic rings. The van der Waals surface area contributed by atoms with Crippen molar-refractivity contribution in [3.8, 4) is 0 Å². The molecule has 0 radical (unpaired) electrons. The van der Waals surface area contributed by atoms with Crippen molar-refractivity contribution in [1.29, 1.82) is 0 Å². The number of H-pyrrole nitrogens is 1. The molecule has 3 heterocycles. The highest BCUT2D eigenvalue weighted by Gasteiger charge is 2.33. The molecule has 0 saturated carbocycles. The molecule has 2 N–H and O–H groups in total. The van der Waals surface area contributed by atoms with Crippen LogP contribution in [0.15, 0.2) is 30.5 Å². The van der Waals surface area contributed by atoms with E-state index in [1.165, 1.54) is 0 Å². The number of aromatic amines is 1. The molecule has 1 fully saturated rings. The van der Waals surface area contributed by atoms with Gasteiger partial charge >= 0.3 is 0 Å². The van der Waals surface area contributed by atoms with Gasteiger partial charge in [0.25, 0.3) is 11.8 Å². The average molecular weight is 424 g/mol. The predicted octanol–water partition coefficient (Wildman–Crippen LogP) is 2.47. The second-order valence-corrected chi connectivity index (χ2v) is 8.15. The molecule has 1 aromatic heterocycles. The van der Waals surface area contributed by atoms with Crippen molar-refractivity contribution in [2.24, 2.45) is 0 Å². The van der Waals surface area contributed by atoms with Crippen LogP contribution in [0.25, 0.3) is 0 Å². The number of aromatic nitrogens is 2. The fourth-order valence-electron chi connectivity index (χ4n) is 4.66. The van der Waals surface area contributed by atoms with E-state index in [1.54, 1.807) is 17.2 Å². The zero-order valence-electron chi connectivity index (χ0n) is 18.1. The molecule has 1 aromatic carbocycles. The van der Waals surface area contributed by atoms with Gasteiger partial charge in [0.05, 0.1) is 29.9 Å². The fraction of sp³-hybridized carbons (Fsp3) is 0.478. The van der Waals surface area contributed by atoms with Crippen LogP contribution in [-0.2, 0) is 4.79 Å². The summed E-state index contributed by atoms with van der Waals surface area (Å²) in [4.78, 5) is 41.5. The van der Waals surface area contributed by atoms with Crippen LogP contribution in [0.1, 0.15) is 77.0 Å². The Hall–Kier alpha value is -3.16. The van der Waals surface area contributed by atoms with E-state index in [0.717, 1.165) is 24.1 Å². The Bertz CT molecular complexity index is 973. The fourth-order valence-corrected chi connectivity index (χ4v) is 4.66. The number of nitrogens with zero attached hydrogens (tertiary/aromatic N) is 3. The standard InChI is InChI=1S/C23H29N5O3/c1-3-27(4-2)23(31)18-14-24-26-21(18)15-9-11-28(12-10-15)20(29)13-19-16-7-5-6-8-17(16)22(30)25-19/h5-8,14-15,19H,3-4,9-13H2,1-2H3,(H,24,26)(H,25,30)/t19-/m1/s1. The number of carbonyl (C=O) groups excluding carboxylic acids is 3. The lowest BCUT2D eigenvalue weighted by molar-refractivity contribution is -0.132. The van der Waals surface area contributed by atoms with Gasteiger partial charge in [0.1, 0.15) is 0 Å². The van der Waals surface area contributed by atoms with E-state index >= 15 is 0 Å².